The SMILES string of the molecule is CC(=O)c1cc(Br)cc(N)c1OCCN1CCCC1. The van der Waals surface area contributed by atoms with Gasteiger partial charge < -0.3 is 10.5 Å². The van der Waals surface area contributed by atoms with Crippen LogP contribution in [0.5, 0.6) is 5.75 Å². The molecule has 2 rings (SSSR count). The quantitative estimate of drug-likeness (QED) is 0.667. The molecule has 1 fully saturated rings. The molecule has 0 bridgehead atoms. The maximum Gasteiger partial charge on any atom is 0.163 e. The number of likely N-dealkylation sites (tertiary alicyclic amines) is 1. The van der Waals surface area contributed by atoms with Gasteiger partial charge in [-0.15, -0.1) is 0 Å². The van der Waals surface area contributed by atoms with E-state index >= 15 is 0 Å². The summed E-state index contributed by atoms with van der Waals surface area (Å²) < 4.78 is 6.53. The second-order valence-corrected chi connectivity index (χ2v) is 5.74. The lowest BCUT2D eigenvalue weighted by molar-refractivity contribution is 0.101. The van der Waals surface area contributed by atoms with E-state index < -0.39 is 0 Å². The Kier molecular flexibility index (Phi) is 4.82. The van der Waals surface area contributed by atoms with E-state index in [2.05, 4.69) is 20.8 Å². The van der Waals surface area contributed by atoms with Crippen molar-refractivity contribution in [3.63, 3.8) is 0 Å². The highest BCUT2D eigenvalue weighted by Crippen LogP contribution is 2.31. The Labute approximate surface area is 122 Å². The van der Waals surface area contributed by atoms with Gasteiger partial charge in [-0.1, -0.05) is 15.9 Å². The number of rotatable bonds is 5. The van der Waals surface area contributed by atoms with Crippen LogP contribution in [-0.2, 0) is 0 Å². The molecule has 0 atom stereocenters. The van der Waals surface area contributed by atoms with E-state index in [0.717, 1.165) is 24.1 Å². The van der Waals surface area contributed by atoms with Crippen molar-refractivity contribution < 1.29 is 9.53 Å². The minimum atomic E-state index is -0.0378. The van der Waals surface area contributed by atoms with Crippen LogP contribution in [0.2, 0.25) is 0 Å². The van der Waals surface area contributed by atoms with E-state index in [0.29, 0.717) is 23.6 Å². The molecule has 2 N–H and O–H groups in total. The molecule has 1 aliphatic rings. The van der Waals surface area contributed by atoms with Crippen LogP contribution in [0, 0.1) is 0 Å². The molecule has 19 heavy (non-hydrogen) atoms. The van der Waals surface area contributed by atoms with Crippen LogP contribution in [0.15, 0.2) is 16.6 Å². The smallest absolute Gasteiger partial charge is 0.163 e. The normalized spacial score (nSPS) is 15.7. The van der Waals surface area contributed by atoms with Gasteiger partial charge in [-0.2, -0.15) is 0 Å². The number of ketones is 1. The van der Waals surface area contributed by atoms with Gasteiger partial charge >= 0.3 is 0 Å². The van der Waals surface area contributed by atoms with Crippen LogP contribution < -0.4 is 10.5 Å². The molecular weight excluding hydrogens is 308 g/mol. The number of carbonyl (C=O) groups excluding carboxylic acids is 1. The van der Waals surface area contributed by atoms with Crippen molar-refractivity contribution in [2.75, 3.05) is 32.0 Å². The highest BCUT2D eigenvalue weighted by molar-refractivity contribution is 9.10. The van der Waals surface area contributed by atoms with Gasteiger partial charge in [0.05, 0.1) is 11.3 Å². The Hall–Kier alpha value is -1.07. The minimum absolute atomic E-state index is 0.0378. The van der Waals surface area contributed by atoms with Crippen LogP contribution >= 0.6 is 15.9 Å². The predicted octanol–water partition coefficient (Wildman–Crippen LogP) is 2.71. The van der Waals surface area contributed by atoms with Gasteiger partial charge in [0.15, 0.2) is 11.5 Å². The van der Waals surface area contributed by atoms with Crippen molar-refractivity contribution in [2.24, 2.45) is 0 Å². The first-order valence-electron chi connectivity index (χ1n) is 6.53. The third-order valence-electron chi connectivity index (χ3n) is 3.31. The molecule has 1 heterocycles. The number of hydrogen-bond acceptors (Lipinski definition) is 4. The summed E-state index contributed by atoms with van der Waals surface area (Å²) in [4.78, 5) is 14.0. The van der Waals surface area contributed by atoms with Crippen molar-refractivity contribution >= 4 is 27.4 Å². The van der Waals surface area contributed by atoms with E-state index in [1.165, 1.54) is 19.8 Å². The Morgan fingerprint density at radius 1 is 1.42 bits per heavy atom. The molecule has 104 valence electrons. The highest BCUT2D eigenvalue weighted by atomic mass is 79.9. The molecule has 4 nitrogen and oxygen atoms in total. The minimum Gasteiger partial charge on any atom is -0.489 e. The number of nitrogens with two attached hydrogens (primary N) is 1. The summed E-state index contributed by atoms with van der Waals surface area (Å²) in [5, 5.41) is 0. The second kappa shape index (κ2) is 6.39. The largest absolute Gasteiger partial charge is 0.489 e. The number of nitrogens with zero attached hydrogens (tertiary/aromatic N) is 1. The van der Waals surface area contributed by atoms with Crippen molar-refractivity contribution in [1.29, 1.82) is 0 Å². The summed E-state index contributed by atoms with van der Waals surface area (Å²) in [6.45, 7) is 5.24. The van der Waals surface area contributed by atoms with Crippen molar-refractivity contribution in [1.82, 2.24) is 4.90 Å². The summed E-state index contributed by atoms with van der Waals surface area (Å²) in [5.41, 5.74) is 6.97. The third kappa shape index (κ3) is 3.70. The first-order valence-corrected chi connectivity index (χ1v) is 7.32. The number of benzene rings is 1. The molecule has 0 saturated carbocycles. The Morgan fingerprint density at radius 3 is 2.74 bits per heavy atom. The van der Waals surface area contributed by atoms with Gasteiger partial charge in [0.1, 0.15) is 6.61 Å². The lowest BCUT2D eigenvalue weighted by atomic mass is 10.1. The van der Waals surface area contributed by atoms with Gasteiger partial charge in [-0.3, -0.25) is 9.69 Å². The molecule has 0 amide bonds. The summed E-state index contributed by atoms with van der Waals surface area (Å²) in [6, 6.07) is 3.52. The van der Waals surface area contributed by atoms with Crippen molar-refractivity contribution in [2.45, 2.75) is 19.8 Å². The van der Waals surface area contributed by atoms with E-state index in [1.54, 1.807) is 12.1 Å². The van der Waals surface area contributed by atoms with Crippen LogP contribution in [0.3, 0.4) is 0 Å². The molecule has 5 heteroatoms. The monoisotopic (exact) mass is 326 g/mol. The molecular formula is C14H19BrN2O2. The highest BCUT2D eigenvalue weighted by Gasteiger charge is 2.15. The lowest BCUT2D eigenvalue weighted by Crippen LogP contribution is -2.25. The topological polar surface area (TPSA) is 55.6 Å². The average molecular weight is 327 g/mol. The zero-order chi connectivity index (χ0) is 13.8. The van der Waals surface area contributed by atoms with E-state index in [1.807, 2.05) is 0 Å². The van der Waals surface area contributed by atoms with Gasteiger partial charge in [0.2, 0.25) is 0 Å². The average Bonchev–Trinajstić information content (AvgIpc) is 2.84. The summed E-state index contributed by atoms with van der Waals surface area (Å²) in [7, 11) is 0. The van der Waals surface area contributed by atoms with Gasteiger partial charge in [0.25, 0.3) is 0 Å². The first-order chi connectivity index (χ1) is 9.08. The number of hydrogen-bond donors (Lipinski definition) is 1. The molecule has 1 saturated heterocycles. The van der Waals surface area contributed by atoms with E-state index in [4.69, 9.17) is 10.5 Å². The number of nitrogen functional groups attached to an aromatic ring is 1. The first kappa shape index (κ1) is 14.3. The second-order valence-electron chi connectivity index (χ2n) is 4.83. The fraction of sp³-hybridized carbons (Fsp3) is 0.500. The van der Waals surface area contributed by atoms with Crippen LogP contribution in [0.25, 0.3) is 0 Å². The third-order valence-corrected chi connectivity index (χ3v) is 3.77. The maximum absolute atomic E-state index is 11.6. The molecule has 1 aromatic rings. The van der Waals surface area contributed by atoms with Crippen LogP contribution in [0.1, 0.15) is 30.1 Å². The van der Waals surface area contributed by atoms with Crippen molar-refractivity contribution in [3.05, 3.63) is 22.2 Å². The summed E-state index contributed by atoms with van der Waals surface area (Å²) in [5.74, 6) is 0.471. The molecule has 1 aromatic carbocycles. The standard InChI is InChI=1S/C14H19BrN2O2/c1-10(18)12-8-11(15)9-13(16)14(12)19-7-6-17-4-2-3-5-17/h8-9H,2-7,16H2,1H3. The Morgan fingerprint density at radius 2 is 2.11 bits per heavy atom. The number of Topliss-reactive ketones (excluding diaryl/α,β-unsaturated/α-hetero) is 1. The maximum atomic E-state index is 11.6. The van der Waals surface area contributed by atoms with Gasteiger partial charge in [-0.25, -0.2) is 0 Å². The van der Waals surface area contributed by atoms with E-state index in [-0.39, 0.29) is 5.78 Å². The molecule has 0 aliphatic carbocycles. The number of ether oxygens (including phenoxy) is 1. The lowest BCUT2D eigenvalue weighted by Gasteiger charge is -2.17. The van der Waals surface area contributed by atoms with Gasteiger partial charge in [-0.05, 0) is 45.0 Å². The van der Waals surface area contributed by atoms with Crippen LogP contribution in [0.4, 0.5) is 5.69 Å². The molecule has 0 unspecified atom stereocenters. The zero-order valence-electron chi connectivity index (χ0n) is 11.1. The predicted molar refractivity (Wildman–Crippen MR) is 79.7 cm³/mol. The van der Waals surface area contributed by atoms with E-state index in [9.17, 15) is 4.79 Å². The molecule has 0 spiro atoms. The zero-order valence-corrected chi connectivity index (χ0v) is 12.7. The van der Waals surface area contributed by atoms with Crippen molar-refractivity contribution in [3.8, 4) is 5.75 Å². The fourth-order valence-corrected chi connectivity index (χ4v) is 2.80. The summed E-state index contributed by atoms with van der Waals surface area (Å²) in [6.07, 6.45) is 2.53. The van der Waals surface area contributed by atoms with Gasteiger partial charge in [0, 0.05) is 11.0 Å². The molecule has 1 aliphatic heterocycles. The molecule has 0 aromatic heterocycles. The van der Waals surface area contributed by atoms with Crippen LogP contribution in [-0.4, -0.2) is 36.9 Å². The summed E-state index contributed by atoms with van der Waals surface area (Å²) >= 11 is 3.34. The molecule has 0 radical (unpaired) electrons. The Balaban J connectivity index is 2.03. The number of carbonyl (C=O) groups is 1. The number of anilines is 1. The fourth-order valence-electron chi connectivity index (χ4n) is 2.32. The Bertz CT molecular complexity index is 471. The number of halogens is 1.